The molecule has 1 aromatic heterocycles. The highest BCUT2D eigenvalue weighted by atomic mass is 15.3. The van der Waals surface area contributed by atoms with Crippen molar-refractivity contribution in [2.24, 2.45) is 0 Å². The lowest BCUT2D eigenvalue weighted by Gasteiger charge is -2.22. The Morgan fingerprint density at radius 1 is 1.44 bits per heavy atom. The van der Waals surface area contributed by atoms with Crippen molar-refractivity contribution in [3.63, 3.8) is 0 Å². The van der Waals surface area contributed by atoms with Gasteiger partial charge in [-0.25, -0.2) is 0 Å². The first-order valence-electron chi connectivity index (χ1n) is 6.26. The number of aromatic nitrogens is 2. The fourth-order valence-electron chi connectivity index (χ4n) is 2.03. The van der Waals surface area contributed by atoms with E-state index in [1.807, 2.05) is 7.05 Å². The molecule has 0 spiro atoms. The average molecular weight is 221 g/mol. The van der Waals surface area contributed by atoms with Gasteiger partial charge in [-0.2, -0.15) is 5.10 Å². The van der Waals surface area contributed by atoms with Crippen LogP contribution in [0.4, 0.5) is 0 Å². The largest absolute Gasteiger partial charge is 0.319 e. The Morgan fingerprint density at radius 3 is 2.62 bits per heavy atom. The zero-order chi connectivity index (χ0) is 11.8. The maximum atomic E-state index is 4.76. The summed E-state index contributed by atoms with van der Waals surface area (Å²) in [5.41, 5.74) is 2.78. The lowest BCUT2D eigenvalue weighted by atomic mass is 10.1. The third kappa shape index (κ3) is 2.46. The van der Waals surface area contributed by atoms with Crippen molar-refractivity contribution < 1.29 is 0 Å². The van der Waals surface area contributed by atoms with Crippen LogP contribution in [-0.2, 0) is 12.0 Å². The Bertz CT molecular complexity index is 356. The standard InChI is InChI=1S/C13H23N3/c1-13(2,3)16-12(10-5-6-10)9-11(15-16)7-8-14-4/h9-10,14H,5-8H2,1-4H3. The topological polar surface area (TPSA) is 29.9 Å². The van der Waals surface area contributed by atoms with Gasteiger partial charge in [0.2, 0.25) is 0 Å². The third-order valence-electron chi connectivity index (χ3n) is 3.05. The van der Waals surface area contributed by atoms with Crippen molar-refractivity contribution in [1.29, 1.82) is 0 Å². The minimum Gasteiger partial charge on any atom is -0.319 e. The first kappa shape index (κ1) is 11.6. The van der Waals surface area contributed by atoms with E-state index in [0.717, 1.165) is 18.9 Å². The number of nitrogens with zero attached hydrogens (tertiary/aromatic N) is 2. The zero-order valence-corrected chi connectivity index (χ0v) is 10.9. The summed E-state index contributed by atoms with van der Waals surface area (Å²) in [5.74, 6) is 0.773. The molecular formula is C13H23N3. The van der Waals surface area contributed by atoms with Crippen molar-refractivity contribution >= 4 is 0 Å². The molecular weight excluding hydrogens is 198 g/mol. The first-order chi connectivity index (χ1) is 7.52. The summed E-state index contributed by atoms with van der Waals surface area (Å²) >= 11 is 0. The molecule has 0 saturated heterocycles. The molecule has 2 rings (SSSR count). The Morgan fingerprint density at radius 2 is 2.12 bits per heavy atom. The van der Waals surface area contributed by atoms with Crippen LogP contribution in [0.15, 0.2) is 6.07 Å². The number of nitrogens with one attached hydrogen (secondary N) is 1. The van der Waals surface area contributed by atoms with Gasteiger partial charge in [0.1, 0.15) is 0 Å². The molecule has 0 aliphatic heterocycles. The first-order valence-corrected chi connectivity index (χ1v) is 6.26. The maximum Gasteiger partial charge on any atom is 0.0640 e. The fraction of sp³-hybridized carbons (Fsp3) is 0.769. The molecule has 0 radical (unpaired) electrons. The van der Waals surface area contributed by atoms with Crippen LogP contribution in [-0.4, -0.2) is 23.4 Å². The van der Waals surface area contributed by atoms with E-state index < -0.39 is 0 Å². The highest BCUT2D eigenvalue weighted by Gasteiger charge is 2.31. The van der Waals surface area contributed by atoms with Gasteiger partial charge in [0.25, 0.3) is 0 Å². The highest BCUT2D eigenvalue weighted by Crippen LogP contribution is 2.41. The van der Waals surface area contributed by atoms with Crippen LogP contribution in [0.3, 0.4) is 0 Å². The molecule has 0 unspecified atom stereocenters. The van der Waals surface area contributed by atoms with E-state index in [0.29, 0.717) is 0 Å². The molecule has 1 aliphatic rings. The predicted octanol–water partition coefficient (Wildman–Crippen LogP) is 2.28. The lowest BCUT2D eigenvalue weighted by Crippen LogP contribution is -2.25. The van der Waals surface area contributed by atoms with Gasteiger partial charge in [-0.15, -0.1) is 0 Å². The molecule has 0 aromatic carbocycles. The summed E-state index contributed by atoms with van der Waals surface area (Å²) in [5, 5.41) is 7.94. The van der Waals surface area contributed by atoms with E-state index >= 15 is 0 Å². The van der Waals surface area contributed by atoms with Crippen LogP contribution in [0, 0.1) is 0 Å². The number of hydrogen-bond acceptors (Lipinski definition) is 2. The SMILES string of the molecule is CNCCc1cc(C2CC2)n(C(C)(C)C)n1. The lowest BCUT2D eigenvalue weighted by molar-refractivity contribution is 0.341. The van der Waals surface area contributed by atoms with Gasteiger partial charge in [-0.3, -0.25) is 4.68 Å². The minimum absolute atomic E-state index is 0.107. The zero-order valence-electron chi connectivity index (χ0n) is 10.9. The van der Waals surface area contributed by atoms with E-state index in [2.05, 4.69) is 36.8 Å². The third-order valence-corrected chi connectivity index (χ3v) is 3.05. The molecule has 1 N–H and O–H groups in total. The summed E-state index contributed by atoms with van der Waals surface area (Å²) in [6.45, 7) is 7.69. The van der Waals surface area contributed by atoms with Crippen LogP contribution >= 0.6 is 0 Å². The molecule has 1 saturated carbocycles. The smallest absolute Gasteiger partial charge is 0.0640 e. The molecule has 0 amide bonds. The molecule has 3 nitrogen and oxygen atoms in total. The van der Waals surface area contributed by atoms with Gasteiger partial charge < -0.3 is 5.32 Å². The summed E-state index contributed by atoms with van der Waals surface area (Å²) in [6, 6.07) is 2.31. The number of hydrogen-bond donors (Lipinski definition) is 1. The highest BCUT2D eigenvalue weighted by molar-refractivity contribution is 5.20. The normalized spacial score (nSPS) is 16.8. The van der Waals surface area contributed by atoms with Crippen LogP contribution in [0.2, 0.25) is 0 Å². The average Bonchev–Trinajstić information content (AvgIpc) is 2.94. The summed E-state index contributed by atoms with van der Waals surface area (Å²) in [6.07, 6.45) is 3.71. The second-order valence-electron chi connectivity index (χ2n) is 5.77. The van der Waals surface area contributed by atoms with E-state index in [1.165, 1.54) is 24.2 Å². The van der Waals surface area contributed by atoms with Gasteiger partial charge in [-0.1, -0.05) is 0 Å². The van der Waals surface area contributed by atoms with Gasteiger partial charge in [-0.05, 0) is 46.7 Å². The second-order valence-corrected chi connectivity index (χ2v) is 5.77. The van der Waals surface area contributed by atoms with Gasteiger partial charge in [0.05, 0.1) is 11.2 Å². The van der Waals surface area contributed by atoms with Crippen molar-refractivity contribution in [2.45, 2.75) is 51.5 Å². The van der Waals surface area contributed by atoms with Gasteiger partial charge in [0.15, 0.2) is 0 Å². The summed E-state index contributed by atoms with van der Waals surface area (Å²) < 4.78 is 2.23. The Balaban J connectivity index is 2.23. The van der Waals surface area contributed by atoms with E-state index in [-0.39, 0.29) is 5.54 Å². The molecule has 1 heterocycles. The number of likely N-dealkylation sites (N-methyl/N-ethyl adjacent to an activating group) is 1. The monoisotopic (exact) mass is 221 g/mol. The summed E-state index contributed by atoms with van der Waals surface area (Å²) in [4.78, 5) is 0. The number of rotatable bonds is 4. The van der Waals surface area contributed by atoms with Crippen LogP contribution in [0.1, 0.15) is 50.9 Å². The summed E-state index contributed by atoms with van der Waals surface area (Å²) in [7, 11) is 1.99. The van der Waals surface area contributed by atoms with Crippen molar-refractivity contribution in [3.05, 3.63) is 17.5 Å². The van der Waals surface area contributed by atoms with Crippen LogP contribution < -0.4 is 5.32 Å². The molecule has 90 valence electrons. The van der Waals surface area contributed by atoms with Crippen molar-refractivity contribution in [3.8, 4) is 0 Å². The van der Waals surface area contributed by atoms with Gasteiger partial charge in [0, 0.05) is 24.6 Å². The fourth-order valence-corrected chi connectivity index (χ4v) is 2.03. The molecule has 1 aromatic rings. The molecule has 0 atom stereocenters. The predicted molar refractivity (Wildman–Crippen MR) is 66.8 cm³/mol. The minimum atomic E-state index is 0.107. The Kier molecular flexibility index (Phi) is 3.06. The van der Waals surface area contributed by atoms with Crippen LogP contribution in [0.5, 0.6) is 0 Å². The Hall–Kier alpha value is -0.830. The molecule has 1 aliphatic carbocycles. The second kappa shape index (κ2) is 4.21. The van der Waals surface area contributed by atoms with E-state index in [4.69, 9.17) is 5.10 Å². The van der Waals surface area contributed by atoms with Gasteiger partial charge >= 0.3 is 0 Å². The van der Waals surface area contributed by atoms with Crippen molar-refractivity contribution in [1.82, 2.24) is 15.1 Å². The van der Waals surface area contributed by atoms with E-state index in [9.17, 15) is 0 Å². The van der Waals surface area contributed by atoms with Crippen molar-refractivity contribution in [2.75, 3.05) is 13.6 Å². The molecule has 16 heavy (non-hydrogen) atoms. The molecule has 0 bridgehead atoms. The van der Waals surface area contributed by atoms with Crippen LogP contribution in [0.25, 0.3) is 0 Å². The quantitative estimate of drug-likeness (QED) is 0.845. The molecule has 1 fully saturated rings. The van der Waals surface area contributed by atoms with E-state index in [1.54, 1.807) is 0 Å². The Labute approximate surface area is 98.2 Å². The maximum absolute atomic E-state index is 4.76. The molecule has 3 heteroatoms.